The molecule has 3 atom stereocenters. The lowest BCUT2D eigenvalue weighted by Gasteiger charge is -2.30. The molecule has 0 aliphatic carbocycles. The van der Waals surface area contributed by atoms with Crippen molar-refractivity contribution in [3.05, 3.63) is 24.3 Å². The molecule has 0 aromatic rings. The van der Waals surface area contributed by atoms with E-state index in [1.54, 1.807) is 0 Å². The second-order valence-electron chi connectivity index (χ2n) is 25.4. The Labute approximate surface area is 498 Å². The molecule has 474 valence electrons. The molecule has 1 amide bonds. The number of quaternary nitrogens is 1. The number of nitrogens with zero attached hydrogens (tertiary/aromatic N) is 1. The molecule has 10 heteroatoms. The van der Waals surface area contributed by atoms with Gasteiger partial charge in [0.05, 0.1) is 33.8 Å². The second-order valence-corrected chi connectivity index (χ2v) is 26.8. The molecule has 0 radical (unpaired) electrons. The Bertz CT molecular complexity index is 1420. The van der Waals surface area contributed by atoms with Gasteiger partial charge in [-0.3, -0.25) is 14.2 Å². The van der Waals surface area contributed by atoms with Crippen molar-refractivity contribution in [2.24, 2.45) is 0 Å². The molecule has 0 heterocycles. The largest absolute Gasteiger partial charge is 0.756 e. The highest BCUT2D eigenvalue weighted by atomic mass is 31.2. The number of nitrogens with one attached hydrogen (secondary N) is 1. The Hall–Kier alpha value is -1.51. The van der Waals surface area contributed by atoms with E-state index in [4.69, 9.17) is 13.8 Å². The Balaban J connectivity index is 5.02. The number of ether oxygens (including phenoxy) is 1. The standard InChI is InChI=1S/C70H137N2O7P/c1-7-10-13-16-19-22-25-28-30-32-33-34-35-36-37-38-39-41-43-45-48-51-54-57-60-63-70(74)79-68(61-58-55-52-49-46-27-24-21-18-15-12-9-3)67(66-78-80(75,76)77-65-64-72(4,5)6)71-69(73)62-59-56-53-50-47-44-42-40-31-29-26-23-20-17-14-11-8-2/h29,31,58,61,67-68H,7-28,30,32-57,59-60,62-66H2,1-6H3,(H-,71,73,75,76)/b31-29+,61-58-. The highest BCUT2D eigenvalue weighted by Gasteiger charge is 2.27. The Morgan fingerprint density at radius 3 is 1.06 bits per heavy atom. The van der Waals surface area contributed by atoms with Crippen LogP contribution in [-0.2, 0) is 27.9 Å². The van der Waals surface area contributed by atoms with Crippen LogP contribution < -0.4 is 10.2 Å². The topological polar surface area (TPSA) is 114 Å². The van der Waals surface area contributed by atoms with Crippen LogP contribution in [0, 0.1) is 0 Å². The summed E-state index contributed by atoms with van der Waals surface area (Å²) in [7, 11) is 1.20. The number of phosphoric acid groups is 1. The highest BCUT2D eigenvalue weighted by molar-refractivity contribution is 7.45. The van der Waals surface area contributed by atoms with Gasteiger partial charge < -0.3 is 28.5 Å². The van der Waals surface area contributed by atoms with Crippen molar-refractivity contribution in [1.29, 1.82) is 0 Å². The Morgan fingerprint density at radius 1 is 0.425 bits per heavy atom. The third-order valence-electron chi connectivity index (χ3n) is 16.1. The van der Waals surface area contributed by atoms with E-state index in [0.29, 0.717) is 17.4 Å². The fourth-order valence-corrected chi connectivity index (χ4v) is 11.4. The molecule has 0 aromatic heterocycles. The summed E-state index contributed by atoms with van der Waals surface area (Å²) >= 11 is 0. The minimum absolute atomic E-state index is 0.0194. The molecular weight excluding hydrogens is 1010 g/mol. The van der Waals surface area contributed by atoms with Gasteiger partial charge in [0, 0.05) is 12.8 Å². The van der Waals surface area contributed by atoms with Crippen LogP contribution in [0.15, 0.2) is 24.3 Å². The summed E-state index contributed by atoms with van der Waals surface area (Å²) in [6.45, 7) is 6.90. The van der Waals surface area contributed by atoms with Gasteiger partial charge in [-0.2, -0.15) is 0 Å². The molecule has 9 nitrogen and oxygen atoms in total. The number of carbonyl (C=O) groups is 2. The van der Waals surface area contributed by atoms with Crippen LogP contribution in [0.2, 0.25) is 0 Å². The molecule has 0 aliphatic rings. The zero-order valence-corrected chi connectivity index (χ0v) is 55.2. The van der Waals surface area contributed by atoms with E-state index in [9.17, 15) is 19.0 Å². The van der Waals surface area contributed by atoms with Crippen LogP contribution in [0.4, 0.5) is 0 Å². The van der Waals surface area contributed by atoms with E-state index in [2.05, 4.69) is 38.2 Å². The number of esters is 1. The van der Waals surface area contributed by atoms with Gasteiger partial charge >= 0.3 is 5.97 Å². The molecule has 0 rings (SSSR count). The number of hydrogen-bond acceptors (Lipinski definition) is 7. The number of allylic oxidation sites excluding steroid dienone is 3. The monoisotopic (exact) mass is 1150 g/mol. The van der Waals surface area contributed by atoms with Crippen LogP contribution in [0.3, 0.4) is 0 Å². The number of likely N-dealkylation sites (N-methyl/N-ethyl adjacent to an activating group) is 1. The van der Waals surface area contributed by atoms with Crippen LogP contribution in [0.25, 0.3) is 0 Å². The highest BCUT2D eigenvalue weighted by Crippen LogP contribution is 2.38. The van der Waals surface area contributed by atoms with Crippen LogP contribution in [-0.4, -0.2) is 69.4 Å². The zero-order chi connectivity index (χ0) is 58.6. The van der Waals surface area contributed by atoms with Crippen molar-refractivity contribution in [3.8, 4) is 0 Å². The lowest BCUT2D eigenvalue weighted by Crippen LogP contribution is -2.47. The van der Waals surface area contributed by atoms with Crippen molar-refractivity contribution < 1.29 is 37.3 Å². The first-order valence-corrected chi connectivity index (χ1v) is 36.6. The van der Waals surface area contributed by atoms with Crippen molar-refractivity contribution >= 4 is 19.7 Å². The number of phosphoric ester groups is 1. The molecule has 0 aliphatic heterocycles. The van der Waals surface area contributed by atoms with E-state index in [0.717, 1.165) is 70.6 Å². The predicted molar refractivity (Wildman–Crippen MR) is 344 cm³/mol. The summed E-state index contributed by atoms with van der Waals surface area (Å²) in [5, 5.41) is 3.04. The first-order chi connectivity index (χ1) is 38.9. The quantitative estimate of drug-likeness (QED) is 0.0212. The predicted octanol–water partition coefficient (Wildman–Crippen LogP) is 21.4. The number of unbranched alkanes of at least 4 members (excludes halogenated alkanes) is 47. The maximum atomic E-state index is 13.6. The SMILES string of the molecule is CCCCCCCC/C=C/CCCCCCCCCC(=O)NC(COP(=O)([O-])OCC[N+](C)(C)C)C(/C=C\CCCCCCCCCCCC)OC(=O)CCCCCCCCCCCCCCCCCCCCCCCCCCC. The van der Waals surface area contributed by atoms with Gasteiger partial charge in [0.1, 0.15) is 19.3 Å². The van der Waals surface area contributed by atoms with Crippen molar-refractivity contribution in [1.82, 2.24) is 5.32 Å². The van der Waals surface area contributed by atoms with Gasteiger partial charge in [0.2, 0.25) is 5.91 Å². The third kappa shape index (κ3) is 61.1. The fourth-order valence-electron chi connectivity index (χ4n) is 10.7. The normalized spacial score (nSPS) is 13.6. The van der Waals surface area contributed by atoms with Gasteiger partial charge in [0.25, 0.3) is 7.82 Å². The lowest BCUT2D eigenvalue weighted by molar-refractivity contribution is -0.870. The molecule has 3 unspecified atom stereocenters. The first kappa shape index (κ1) is 78.5. The fraction of sp³-hybridized carbons (Fsp3) is 0.914. The summed E-state index contributed by atoms with van der Waals surface area (Å²) in [6, 6.07) is -0.886. The van der Waals surface area contributed by atoms with Crippen LogP contribution >= 0.6 is 7.82 Å². The third-order valence-corrected chi connectivity index (χ3v) is 17.1. The minimum Gasteiger partial charge on any atom is -0.756 e. The summed E-state index contributed by atoms with van der Waals surface area (Å²) in [5.74, 6) is -0.525. The van der Waals surface area contributed by atoms with Crippen LogP contribution in [0.1, 0.15) is 361 Å². The summed E-state index contributed by atoms with van der Waals surface area (Å²) in [4.78, 5) is 40.1. The van der Waals surface area contributed by atoms with E-state index in [1.165, 1.54) is 257 Å². The first-order valence-electron chi connectivity index (χ1n) is 35.1. The van der Waals surface area contributed by atoms with Gasteiger partial charge in [0.15, 0.2) is 0 Å². The van der Waals surface area contributed by atoms with Crippen molar-refractivity contribution in [2.45, 2.75) is 373 Å². The average Bonchev–Trinajstić information content (AvgIpc) is 3.42. The maximum absolute atomic E-state index is 13.6. The van der Waals surface area contributed by atoms with E-state index in [1.807, 2.05) is 33.3 Å². The van der Waals surface area contributed by atoms with Gasteiger partial charge in [-0.25, -0.2) is 0 Å². The lowest BCUT2D eigenvalue weighted by atomic mass is 10.0. The number of carbonyl (C=O) groups excluding carboxylic acids is 2. The van der Waals surface area contributed by atoms with Gasteiger partial charge in [-0.05, 0) is 57.4 Å². The molecular formula is C70H137N2O7P. The second kappa shape index (κ2) is 60.6. The minimum atomic E-state index is -4.70. The molecule has 0 spiro atoms. The number of amides is 1. The molecule has 0 bridgehead atoms. The Kier molecular flexibility index (Phi) is 59.5. The summed E-state index contributed by atoms with van der Waals surface area (Å²) < 4.78 is 30.4. The van der Waals surface area contributed by atoms with Crippen LogP contribution in [0.5, 0.6) is 0 Å². The van der Waals surface area contributed by atoms with Gasteiger partial charge in [-0.15, -0.1) is 0 Å². The maximum Gasteiger partial charge on any atom is 0.306 e. The van der Waals surface area contributed by atoms with Crippen molar-refractivity contribution in [2.75, 3.05) is 40.9 Å². The zero-order valence-electron chi connectivity index (χ0n) is 54.3. The van der Waals surface area contributed by atoms with Gasteiger partial charge in [-0.1, -0.05) is 315 Å². The van der Waals surface area contributed by atoms with E-state index in [-0.39, 0.29) is 31.5 Å². The average molecular weight is 1150 g/mol. The molecule has 1 N–H and O–H groups in total. The number of rotatable bonds is 65. The van der Waals surface area contributed by atoms with E-state index >= 15 is 0 Å². The number of hydrogen-bond donors (Lipinski definition) is 1. The molecule has 80 heavy (non-hydrogen) atoms. The summed E-state index contributed by atoms with van der Waals surface area (Å²) in [6.07, 6.45) is 73.0. The molecule has 0 fully saturated rings. The molecule has 0 aromatic carbocycles. The Morgan fingerprint density at radius 2 is 0.725 bits per heavy atom. The molecule has 0 saturated heterocycles. The molecule has 0 saturated carbocycles. The summed E-state index contributed by atoms with van der Waals surface area (Å²) in [5.41, 5.74) is 0. The van der Waals surface area contributed by atoms with E-state index < -0.39 is 20.0 Å². The smallest absolute Gasteiger partial charge is 0.306 e. The van der Waals surface area contributed by atoms with Crippen molar-refractivity contribution in [3.63, 3.8) is 0 Å².